The maximum absolute atomic E-state index is 13.3. The summed E-state index contributed by atoms with van der Waals surface area (Å²) < 4.78 is 11.3. The van der Waals surface area contributed by atoms with E-state index in [4.69, 9.17) is 14.5 Å². The number of aliphatic imine (C=N–C) groups is 1. The Bertz CT molecular complexity index is 919. The van der Waals surface area contributed by atoms with Crippen LogP contribution in [0.25, 0.3) is 0 Å². The molecule has 1 saturated carbocycles. The second-order valence-corrected chi connectivity index (χ2v) is 9.87. The molecule has 0 amide bonds. The van der Waals surface area contributed by atoms with E-state index in [9.17, 15) is 9.59 Å². The van der Waals surface area contributed by atoms with Gasteiger partial charge in [0.25, 0.3) is 0 Å². The Morgan fingerprint density at radius 1 is 1.19 bits per heavy atom. The molecule has 0 aromatic heterocycles. The SMILES string of the molecule is CCc1ccc([C@H]2C(C(=O)OC[C@H]3CCCO3)=C(C)N=C3CC(C)(C)CC(=O)C32)cc1. The topological polar surface area (TPSA) is 65.0 Å². The highest BCUT2D eigenvalue weighted by Crippen LogP contribution is 2.47. The number of fused-ring (bicyclic) bond motifs is 1. The predicted octanol–water partition coefficient (Wildman–Crippen LogP) is 4.79. The zero-order valence-corrected chi connectivity index (χ0v) is 19.1. The first kappa shape index (κ1) is 21.9. The Kier molecular flexibility index (Phi) is 6.16. The van der Waals surface area contributed by atoms with E-state index < -0.39 is 5.92 Å². The summed E-state index contributed by atoms with van der Waals surface area (Å²) in [4.78, 5) is 31.4. The first-order valence-electron chi connectivity index (χ1n) is 11.5. The van der Waals surface area contributed by atoms with E-state index in [1.54, 1.807) is 0 Å². The van der Waals surface area contributed by atoms with Crippen LogP contribution in [-0.4, -0.2) is 36.8 Å². The number of nitrogens with zero attached hydrogens (tertiary/aromatic N) is 1. The number of ether oxygens (including phenoxy) is 2. The van der Waals surface area contributed by atoms with Gasteiger partial charge in [0, 0.05) is 30.4 Å². The molecule has 5 nitrogen and oxygen atoms in total. The van der Waals surface area contributed by atoms with E-state index in [1.165, 1.54) is 5.56 Å². The van der Waals surface area contributed by atoms with Gasteiger partial charge in [-0.25, -0.2) is 4.79 Å². The Hall–Kier alpha value is -2.27. The molecular weight excluding hydrogens is 390 g/mol. The van der Waals surface area contributed by atoms with Crippen LogP contribution in [0.5, 0.6) is 0 Å². The zero-order chi connectivity index (χ0) is 22.2. The number of Topliss-reactive ketones (excluding diaryl/α,β-unsaturated/α-hetero) is 1. The van der Waals surface area contributed by atoms with Crippen molar-refractivity contribution < 1.29 is 19.1 Å². The summed E-state index contributed by atoms with van der Waals surface area (Å²) in [6, 6.07) is 8.28. The zero-order valence-electron chi connectivity index (χ0n) is 19.1. The molecule has 2 aliphatic heterocycles. The number of carbonyl (C=O) groups is 2. The van der Waals surface area contributed by atoms with E-state index in [0.717, 1.165) is 43.6 Å². The molecule has 1 unspecified atom stereocenters. The van der Waals surface area contributed by atoms with Gasteiger partial charge in [-0.05, 0) is 49.1 Å². The third-order valence-corrected chi connectivity index (χ3v) is 6.76. The molecule has 0 bridgehead atoms. The van der Waals surface area contributed by atoms with Crippen LogP contribution in [0.4, 0.5) is 0 Å². The summed E-state index contributed by atoms with van der Waals surface area (Å²) in [5, 5.41) is 0. The summed E-state index contributed by atoms with van der Waals surface area (Å²) in [6.45, 7) is 9.17. The minimum atomic E-state index is -0.394. The van der Waals surface area contributed by atoms with Crippen LogP contribution >= 0.6 is 0 Å². The summed E-state index contributed by atoms with van der Waals surface area (Å²) in [5.74, 6) is -0.956. The van der Waals surface area contributed by atoms with Crippen LogP contribution in [0.15, 0.2) is 40.5 Å². The van der Waals surface area contributed by atoms with Crippen LogP contribution in [-0.2, 0) is 25.5 Å². The van der Waals surface area contributed by atoms with Crippen molar-refractivity contribution in [2.24, 2.45) is 16.3 Å². The number of rotatable bonds is 5. The molecule has 2 heterocycles. The Morgan fingerprint density at radius 2 is 1.94 bits per heavy atom. The Labute approximate surface area is 184 Å². The fourth-order valence-corrected chi connectivity index (χ4v) is 5.20. The molecule has 2 fully saturated rings. The van der Waals surface area contributed by atoms with Crippen molar-refractivity contribution in [2.45, 2.75) is 71.8 Å². The highest BCUT2D eigenvalue weighted by Gasteiger charge is 2.47. The smallest absolute Gasteiger partial charge is 0.336 e. The first-order chi connectivity index (χ1) is 14.8. The summed E-state index contributed by atoms with van der Waals surface area (Å²) in [7, 11) is 0. The lowest BCUT2D eigenvalue weighted by atomic mass is 9.63. The van der Waals surface area contributed by atoms with Crippen LogP contribution in [0.1, 0.15) is 70.4 Å². The molecule has 1 saturated heterocycles. The number of ketones is 1. The highest BCUT2D eigenvalue weighted by atomic mass is 16.6. The molecule has 1 aromatic carbocycles. The van der Waals surface area contributed by atoms with Gasteiger partial charge in [-0.2, -0.15) is 0 Å². The molecule has 3 atom stereocenters. The van der Waals surface area contributed by atoms with E-state index >= 15 is 0 Å². The second-order valence-electron chi connectivity index (χ2n) is 9.87. The molecule has 1 aliphatic carbocycles. The average molecular weight is 424 g/mol. The van der Waals surface area contributed by atoms with Crippen molar-refractivity contribution in [1.29, 1.82) is 0 Å². The van der Waals surface area contributed by atoms with E-state index in [2.05, 4.69) is 45.0 Å². The van der Waals surface area contributed by atoms with Crippen molar-refractivity contribution in [2.75, 3.05) is 13.2 Å². The number of carbonyl (C=O) groups excluding carboxylic acids is 2. The van der Waals surface area contributed by atoms with E-state index in [0.29, 0.717) is 17.7 Å². The molecule has 31 heavy (non-hydrogen) atoms. The van der Waals surface area contributed by atoms with Gasteiger partial charge in [-0.1, -0.05) is 45.0 Å². The minimum Gasteiger partial charge on any atom is -0.460 e. The summed E-state index contributed by atoms with van der Waals surface area (Å²) >= 11 is 0. The lowest BCUT2D eigenvalue weighted by molar-refractivity contribution is -0.142. The van der Waals surface area contributed by atoms with Gasteiger partial charge >= 0.3 is 5.97 Å². The van der Waals surface area contributed by atoms with Gasteiger partial charge in [0.2, 0.25) is 0 Å². The molecule has 5 heteroatoms. The number of hydrogen-bond acceptors (Lipinski definition) is 5. The molecule has 3 aliphatic rings. The van der Waals surface area contributed by atoms with Crippen molar-refractivity contribution in [3.63, 3.8) is 0 Å². The lowest BCUT2D eigenvalue weighted by Gasteiger charge is -2.41. The normalized spacial score (nSPS) is 27.7. The highest BCUT2D eigenvalue weighted by molar-refractivity contribution is 6.12. The van der Waals surface area contributed by atoms with Crippen molar-refractivity contribution in [1.82, 2.24) is 0 Å². The van der Waals surface area contributed by atoms with Gasteiger partial charge in [-0.3, -0.25) is 9.79 Å². The number of hydrogen-bond donors (Lipinski definition) is 0. The van der Waals surface area contributed by atoms with Crippen LogP contribution in [0.3, 0.4) is 0 Å². The van der Waals surface area contributed by atoms with Crippen LogP contribution in [0, 0.1) is 11.3 Å². The maximum atomic E-state index is 13.3. The molecule has 0 N–H and O–H groups in total. The quantitative estimate of drug-likeness (QED) is 0.639. The molecule has 1 aromatic rings. The maximum Gasteiger partial charge on any atom is 0.336 e. The third kappa shape index (κ3) is 4.52. The first-order valence-corrected chi connectivity index (χ1v) is 11.5. The molecule has 0 spiro atoms. The van der Waals surface area contributed by atoms with Crippen molar-refractivity contribution in [3.05, 3.63) is 46.7 Å². The summed E-state index contributed by atoms with van der Waals surface area (Å²) in [5.41, 5.74) is 4.18. The fraction of sp³-hybridized carbons (Fsp3) is 0.577. The van der Waals surface area contributed by atoms with E-state index in [-0.39, 0.29) is 35.8 Å². The van der Waals surface area contributed by atoms with Gasteiger partial charge in [0.1, 0.15) is 12.4 Å². The predicted molar refractivity (Wildman–Crippen MR) is 120 cm³/mol. The monoisotopic (exact) mass is 423 g/mol. The fourth-order valence-electron chi connectivity index (χ4n) is 5.20. The van der Waals surface area contributed by atoms with Crippen LogP contribution in [0.2, 0.25) is 0 Å². The minimum absolute atomic E-state index is 0.0353. The summed E-state index contributed by atoms with van der Waals surface area (Å²) in [6.07, 6.45) is 4.08. The second kappa shape index (κ2) is 8.70. The largest absolute Gasteiger partial charge is 0.460 e. The van der Waals surface area contributed by atoms with Gasteiger partial charge in [0.05, 0.1) is 17.6 Å². The number of esters is 1. The van der Waals surface area contributed by atoms with Gasteiger partial charge < -0.3 is 9.47 Å². The Morgan fingerprint density at radius 3 is 2.58 bits per heavy atom. The van der Waals surface area contributed by atoms with Gasteiger partial charge in [0.15, 0.2) is 0 Å². The third-order valence-electron chi connectivity index (χ3n) is 6.76. The lowest BCUT2D eigenvalue weighted by Crippen LogP contribution is -2.44. The number of benzene rings is 1. The molecule has 4 rings (SSSR count). The molecular formula is C26H33NO4. The standard InChI is InChI=1S/C26H33NO4/c1-5-17-8-10-18(11-9-17)23-22(25(29)31-15-19-7-6-12-30-19)16(2)27-20-13-26(3,4)14-21(28)24(20)23/h8-11,19,23-24H,5-7,12-15H2,1-4H3/t19-,23+,24?/m1/s1. The van der Waals surface area contributed by atoms with Gasteiger partial charge in [-0.15, -0.1) is 0 Å². The van der Waals surface area contributed by atoms with Crippen molar-refractivity contribution in [3.8, 4) is 0 Å². The Balaban J connectivity index is 1.71. The number of allylic oxidation sites excluding steroid dienone is 1. The van der Waals surface area contributed by atoms with Crippen LogP contribution < -0.4 is 0 Å². The number of aryl methyl sites for hydroxylation is 1. The average Bonchev–Trinajstić information content (AvgIpc) is 3.24. The molecule has 166 valence electrons. The molecule has 0 radical (unpaired) electrons. The van der Waals surface area contributed by atoms with E-state index in [1.807, 2.05) is 6.92 Å². The van der Waals surface area contributed by atoms with Crippen molar-refractivity contribution >= 4 is 17.5 Å².